The second kappa shape index (κ2) is 7.45. The molecule has 1 unspecified atom stereocenters. The summed E-state index contributed by atoms with van der Waals surface area (Å²) in [4.78, 5) is 18.0. The van der Waals surface area contributed by atoms with Gasteiger partial charge in [-0.15, -0.1) is 0 Å². The first-order valence-electron chi connectivity index (χ1n) is 8.86. The smallest absolute Gasteiger partial charge is 0.269 e. The summed E-state index contributed by atoms with van der Waals surface area (Å²) >= 11 is 0. The van der Waals surface area contributed by atoms with E-state index in [9.17, 15) is 4.79 Å². The third-order valence-electron chi connectivity index (χ3n) is 4.40. The standard InChI is InChI=1S/C21H20N4O2/c1-15-12-20(25(23-15)14-16-8-4-2-5-9-16)22-21(26)19-13-18(24-27-19)17-10-6-3-7-11-17/h2-12,19H,13-14H2,1H3,(H,22,26). The Balaban J connectivity index is 1.43. The first-order valence-corrected chi connectivity index (χ1v) is 8.86. The molecule has 1 amide bonds. The lowest BCUT2D eigenvalue weighted by atomic mass is 10.0. The second-order valence-electron chi connectivity index (χ2n) is 6.51. The normalized spacial score (nSPS) is 15.9. The predicted molar refractivity (Wildman–Crippen MR) is 104 cm³/mol. The fourth-order valence-electron chi connectivity index (χ4n) is 3.05. The molecule has 1 N–H and O–H groups in total. The Morgan fingerprint density at radius 1 is 1.15 bits per heavy atom. The van der Waals surface area contributed by atoms with Crippen molar-refractivity contribution in [2.45, 2.75) is 26.0 Å². The number of amides is 1. The Hall–Kier alpha value is -3.41. The van der Waals surface area contributed by atoms with E-state index < -0.39 is 6.10 Å². The van der Waals surface area contributed by atoms with E-state index in [0.29, 0.717) is 18.8 Å². The van der Waals surface area contributed by atoms with Gasteiger partial charge in [0.25, 0.3) is 5.91 Å². The molecule has 136 valence electrons. The largest absolute Gasteiger partial charge is 0.382 e. The van der Waals surface area contributed by atoms with Crippen LogP contribution in [0.15, 0.2) is 71.9 Å². The highest BCUT2D eigenvalue weighted by molar-refractivity contribution is 6.05. The number of hydrogen-bond acceptors (Lipinski definition) is 4. The van der Waals surface area contributed by atoms with Crippen molar-refractivity contribution < 1.29 is 9.63 Å². The molecule has 1 aliphatic heterocycles. The summed E-state index contributed by atoms with van der Waals surface area (Å²) in [6.45, 7) is 2.49. The molecule has 0 bridgehead atoms. The van der Waals surface area contributed by atoms with E-state index in [1.165, 1.54) is 0 Å². The molecule has 27 heavy (non-hydrogen) atoms. The van der Waals surface area contributed by atoms with E-state index in [2.05, 4.69) is 15.6 Å². The highest BCUT2D eigenvalue weighted by atomic mass is 16.6. The van der Waals surface area contributed by atoms with E-state index in [0.717, 1.165) is 22.5 Å². The average Bonchev–Trinajstić information content (AvgIpc) is 3.31. The van der Waals surface area contributed by atoms with Gasteiger partial charge in [-0.25, -0.2) is 4.68 Å². The van der Waals surface area contributed by atoms with Gasteiger partial charge in [-0.1, -0.05) is 65.8 Å². The van der Waals surface area contributed by atoms with Gasteiger partial charge < -0.3 is 10.2 Å². The number of anilines is 1. The summed E-state index contributed by atoms with van der Waals surface area (Å²) in [5.74, 6) is 0.428. The number of aryl methyl sites for hydroxylation is 1. The van der Waals surface area contributed by atoms with E-state index in [-0.39, 0.29) is 5.91 Å². The van der Waals surface area contributed by atoms with Gasteiger partial charge in [-0.3, -0.25) is 4.79 Å². The van der Waals surface area contributed by atoms with Crippen molar-refractivity contribution in [3.8, 4) is 0 Å². The molecule has 0 radical (unpaired) electrons. The van der Waals surface area contributed by atoms with Crippen LogP contribution in [-0.2, 0) is 16.2 Å². The number of carbonyl (C=O) groups excluding carboxylic acids is 1. The Morgan fingerprint density at radius 2 is 1.85 bits per heavy atom. The third-order valence-corrected chi connectivity index (χ3v) is 4.40. The molecular formula is C21H20N4O2. The van der Waals surface area contributed by atoms with E-state index in [4.69, 9.17) is 4.84 Å². The lowest BCUT2D eigenvalue weighted by Gasteiger charge is -2.11. The molecule has 2 aromatic carbocycles. The van der Waals surface area contributed by atoms with Gasteiger partial charge in [-0.2, -0.15) is 5.10 Å². The van der Waals surface area contributed by atoms with E-state index in [1.54, 1.807) is 4.68 Å². The fraction of sp³-hybridized carbons (Fsp3) is 0.190. The Kier molecular flexibility index (Phi) is 4.70. The summed E-state index contributed by atoms with van der Waals surface area (Å²) in [7, 11) is 0. The molecule has 0 aliphatic carbocycles. The van der Waals surface area contributed by atoms with Crippen molar-refractivity contribution in [3.05, 3.63) is 83.6 Å². The average molecular weight is 360 g/mol. The second-order valence-corrected chi connectivity index (χ2v) is 6.51. The van der Waals surface area contributed by atoms with Crippen LogP contribution in [0, 0.1) is 6.92 Å². The lowest BCUT2D eigenvalue weighted by molar-refractivity contribution is -0.125. The number of oxime groups is 1. The molecular weight excluding hydrogens is 340 g/mol. The van der Waals surface area contributed by atoms with Crippen molar-refractivity contribution in [1.82, 2.24) is 9.78 Å². The van der Waals surface area contributed by atoms with Crippen molar-refractivity contribution in [2.24, 2.45) is 5.16 Å². The molecule has 2 heterocycles. The minimum absolute atomic E-state index is 0.223. The first-order chi connectivity index (χ1) is 13.2. The highest BCUT2D eigenvalue weighted by Crippen LogP contribution is 2.19. The Bertz CT molecular complexity index is 964. The fourth-order valence-corrected chi connectivity index (χ4v) is 3.05. The maximum atomic E-state index is 12.7. The van der Waals surface area contributed by atoms with Crippen molar-refractivity contribution in [3.63, 3.8) is 0 Å². The van der Waals surface area contributed by atoms with Gasteiger partial charge in [0.1, 0.15) is 5.82 Å². The molecule has 1 atom stereocenters. The molecule has 0 fully saturated rings. The number of rotatable bonds is 5. The minimum atomic E-state index is -0.638. The summed E-state index contributed by atoms with van der Waals surface area (Å²) in [5, 5.41) is 11.5. The van der Waals surface area contributed by atoms with Crippen molar-refractivity contribution in [1.29, 1.82) is 0 Å². The zero-order valence-electron chi connectivity index (χ0n) is 15.0. The molecule has 6 nitrogen and oxygen atoms in total. The van der Waals surface area contributed by atoms with Crippen LogP contribution in [-0.4, -0.2) is 27.5 Å². The van der Waals surface area contributed by atoms with Crippen LogP contribution in [0.25, 0.3) is 0 Å². The maximum absolute atomic E-state index is 12.7. The number of carbonyl (C=O) groups is 1. The first kappa shape index (κ1) is 17.0. The van der Waals surface area contributed by atoms with E-state index in [1.807, 2.05) is 73.7 Å². The molecule has 6 heteroatoms. The summed E-state index contributed by atoms with van der Waals surface area (Å²) < 4.78 is 1.79. The van der Waals surface area contributed by atoms with Crippen molar-refractivity contribution in [2.75, 3.05) is 5.32 Å². The number of nitrogens with one attached hydrogen (secondary N) is 1. The summed E-state index contributed by atoms with van der Waals surface area (Å²) in [5.41, 5.74) is 3.71. The van der Waals surface area contributed by atoms with Gasteiger partial charge in [0.2, 0.25) is 6.10 Å². The lowest BCUT2D eigenvalue weighted by Crippen LogP contribution is -2.29. The van der Waals surface area contributed by atoms with Gasteiger partial charge in [0.05, 0.1) is 18.0 Å². The van der Waals surface area contributed by atoms with Crippen LogP contribution in [0.4, 0.5) is 5.82 Å². The SMILES string of the molecule is Cc1cc(NC(=O)C2CC(c3ccccc3)=NO2)n(Cc2ccccc2)n1. The topological polar surface area (TPSA) is 68.5 Å². The van der Waals surface area contributed by atoms with Gasteiger partial charge in [-0.05, 0) is 18.1 Å². The number of benzene rings is 2. The van der Waals surface area contributed by atoms with Crippen LogP contribution in [0.3, 0.4) is 0 Å². The minimum Gasteiger partial charge on any atom is -0.382 e. The van der Waals surface area contributed by atoms with Gasteiger partial charge in [0.15, 0.2) is 0 Å². The molecule has 1 aromatic heterocycles. The third kappa shape index (κ3) is 3.89. The van der Waals surface area contributed by atoms with Crippen LogP contribution >= 0.6 is 0 Å². The van der Waals surface area contributed by atoms with E-state index >= 15 is 0 Å². The number of aromatic nitrogens is 2. The summed E-state index contributed by atoms with van der Waals surface area (Å²) in [6, 6.07) is 21.6. The predicted octanol–water partition coefficient (Wildman–Crippen LogP) is 3.37. The molecule has 4 rings (SSSR count). The number of nitrogens with zero attached hydrogens (tertiary/aromatic N) is 3. The maximum Gasteiger partial charge on any atom is 0.269 e. The molecule has 3 aromatic rings. The quantitative estimate of drug-likeness (QED) is 0.758. The monoisotopic (exact) mass is 360 g/mol. The van der Waals surface area contributed by atoms with Crippen molar-refractivity contribution >= 4 is 17.4 Å². The Morgan fingerprint density at radius 3 is 2.59 bits per heavy atom. The summed E-state index contributed by atoms with van der Waals surface area (Å²) in [6.07, 6.45) is -0.192. The van der Waals surface area contributed by atoms with Crippen LogP contribution in [0.1, 0.15) is 23.2 Å². The van der Waals surface area contributed by atoms with Crippen LogP contribution in [0.2, 0.25) is 0 Å². The molecule has 1 aliphatic rings. The Labute approximate surface area is 157 Å². The molecule has 0 saturated carbocycles. The molecule has 0 spiro atoms. The highest BCUT2D eigenvalue weighted by Gasteiger charge is 2.29. The zero-order chi connectivity index (χ0) is 18.6. The number of hydrogen-bond donors (Lipinski definition) is 1. The molecule has 0 saturated heterocycles. The zero-order valence-corrected chi connectivity index (χ0v) is 15.0. The van der Waals surface area contributed by atoms with Gasteiger partial charge >= 0.3 is 0 Å². The van der Waals surface area contributed by atoms with Crippen LogP contribution < -0.4 is 5.32 Å². The van der Waals surface area contributed by atoms with Crippen LogP contribution in [0.5, 0.6) is 0 Å². The van der Waals surface area contributed by atoms with Gasteiger partial charge in [0, 0.05) is 12.5 Å².